The summed E-state index contributed by atoms with van der Waals surface area (Å²) in [6.45, 7) is 7.33. The molecular weight excluding hydrogens is 318 g/mol. The van der Waals surface area contributed by atoms with Crippen molar-refractivity contribution < 1.29 is 14.7 Å². The van der Waals surface area contributed by atoms with Crippen molar-refractivity contribution in [3.63, 3.8) is 0 Å². The smallest absolute Gasteiger partial charge is 0.245 e. The van der Waals surface area contributed by atoms with Gasteiger partial charge in [-0.15, -0.1) is 0 Å². The number of rotatable bonds is 3. The van der Waals surface area contributed by atoms with Crippen LogP contribution < -0.4 is 4.90 Å². The van der Waals surface area contributed by atoms with Gasteiger partial charge in [0.05, 0.1) is 0 Å². The lowest BCUT2D eigenvalue weighted by Crippen LogP contribution is -2.54. The van der Waals surface area contributed by atoms with E-state index in [9.17, 15) is 14.7 Å². The summed E-state index contributed by atoms with van der Waals surface area (Å²) >= 11 is 0. The molecule has 1 unspecified atom stereocenters. The first kappa shape index (κ1) is 17.6. The van der Waals surface area contributed by atoms with Gasteiger partial charge >= 0.3 is 0 Å². The van der Waals surface area contributed by atoms with Gasteiger partial charge in [-0.1, -0.05) is 13.8 Å². The van der Waals surface area contributed by atoms with Crippen LogP contribution in [0.3, 0.4) is 0 Å². The van der Waals surface area contributed by atoms with Gasteiger partial charge < -0.3 is 19.8 Å². The van der Waals surface area contributed by atoms with E-state index in [4.69, 9.17) is 0 Å². The average Bonchev–Trinajstić information content (AvgIpc) is 3.10. The number of aromatic hydroxyl groups is 1. The fraction of sp³-hybridized carbons (Fsp3) is 0.579. The van der Waals surface area contributed by atoms with Crippen LogP contribution in [-0.2, 0) is 9.59 Å². The van der Waals surface area contributed by atoms with Crippen molar-refractivity contribution in [2.45, 2.75) is 32.7 Å². The largest absolute Gasteiger partial charge is 0.508 e. The van der Waals surface area contributed by atoms with Crippen LogP contribution in [0, 0.1) is 5.92 Å². The van der Waals surface area contributed by atoms with E-state index in [2.05, 4.69) is 4.90 Å². The highest BCUT2D eigenvalue weighted by molar-refractivity contribution is 5.89. The standard InChI is InChI=1S/C19H27N3O3/c1-14(2)18(24)22-9-3-4-17(22)19(25)21-12-10-20(11-13-21)15-5-7-16(23)8-6-15/h5-8,14,17,23H,3-4,9-13H2,1-2H3. The quantitative estimate of drug-likeness (QED) is 0.905. The number of piperazine rings is 1. The van der Waals surface area contributed by atoms with Crippen molar-refractivity contribution in [3.05, 3.63) is 24.3 Å². The molecule has 6 heteroatoms. The second-order valence-electron chi connectivity index (χ2n) is 7.17. The Morgan fingerprint density at radius 1 is 1.04 bits per heavy atom. The van der Waals surface area contributed by atoms with E-state index in [0.717, 1.165) is 31.6 Å². The molecule has 2 saturated heterocycles. The zero-order chi connectivity index (χ0) is 18.0. The second kappa shape index (κ2) is 7.33. The first-order valence-corrected chi connectivity index (χ1v) is 9.10. The highest BCUT2D eigenvalue weighted by atomic mass is 16.3. The molecule has 0 bridgehead atoms. The average molecular weight is 345 g/mol. The van der Waals surface area contributed by atoms with Crippen molar-refractivity contribution >= 4 is 17.5 Å². The van der Waals surface area contributed by atoms with Gasteiger partial charge in [0.15, 0.2) is 0 Å². The minimum absolute atomic E-state index is 0.0697. The van der Waals surface area contributed by atoms with Crippen LogP contribution in [-0.4, -0.2) is 65.5 Å². The Labute approximate surface area is 149 Å². The van der Waals surface area contributed by atoms with Crippen LogP contribution >= 0.6 is 0 Å². The lowest BCUT2D eigenvalue weighted by molar-refractivity contribution is -0.145. The number of amides is 2. The van der Waals surface area contributed by atoms with E-state index >= 15 is 0 Å². The van der Waals surface area contributed by atoms with Gasteiger partial charge in [0.1, 0.15) is 11.8 Å². The molecule has 2 aliphatic rings. The number of likely N-dealkylation sites (tertiary alicyclic amines) is 1. The summed E-state index contributed by atoms with van der Waals surface area (Å²) in [6.07, 6.45) is 1.68. The van der Waals surface area contributed by atoms with Gasteiger partial charge in [-0.3, -0.25) is 9.59 Å². The number of carbonyl (C=O) groups excluding carboxylic acids is 2. The minimum Gasteiger partial charge on any atom is -0.508 e. The second-order valence-corrected chi connectivity index (χ2v) is 7.17. The third-order valence-corrected chi connectivity index (χ3v) is 5.12. The van der Waals surface area contributed by atoms with Gasteiger partial charge in [-0.2, -0.15) is 0 Å². The molecule has 0 spiro atoms. The Kier molecular flexibility index (Phi) is 5.16. The van der Waals surface area contributed by atoms with Crippen LogP contribution in [0.15, 0.2) is 24.3 Å². The summed E-state index contributed by atoms with van der Waals surface area (Å²) in [4.78, 5) is 31.1. The third-order valence-electron chi connectivity index (χ3n) is 5.12. The fourth-order valence-corrected chi connectivity index (χ4v) is 3.68. The SMILES string of the molecule is CC(C)C(=O)N1CCCC1C(=O)N1CCN(c2ccc(O)cc2)CC1. The van der Waals surface area contributed by atoms with Crippen LogP contribution in [0.2, 0.25) is 0 Å². The van der Waals surface area contributed by atoms with E-state index in [-0.39, 0.29) is 29.5 Å². The summed E-state index contributed by atoms with van der Waals surface area (Å²) in [5.41, 5.74) is 1.06. The minimum atomic E-state index is -0.282. The maximum atomic E-state index is 12.9. The maximum Gasteiger partial charge on any atom is 0.245 e. The highest BCUT2D eigenvalue weighted by Crippen LogP contribution is 2.24. The summed E-state index contributed by atoms with van der Waals surface area (Å²) in [7, 11) is 0. The first-order chi connectivity index (χ1) is 12.0. The van der Waals surface area contributed by atoms with E-state index in [1.807, 2.05) is 30.9 Å². The van der Waals surface area contributed by atoms with Gasteiger partial charge in [0, 0.05) is 44.3 Å². The normalized spacial score (nSPS) is 21.1. The van der Waals surface area contributed by atoms with Crippen LogP contribution in [0.4, 0.5) is 5.69 Å². The van der Waals surface area contributed by atoms with Crippen LogP contribution in [0.5, 0.6) is 5.75 Å². The number of nitrogens with zero attached hydrogens (tertiary/aromatic N) is 3. The molecule has 1 atom stereocenters. The number of benzene rings is 1. The van der Waals surface area contributed by atoms with Crippen LogP contribution in [0.1, 0.15) is 26.7 Å². The first-order valence-electron chi connectivity index (χ1n) is 9.10. The molecule has 3 rings (SSSR count). The monoisotopic (exact) mass is 345 g/mol. The number of anilines is 1. The molecular formula is C19H27N3O3. The molecule has 0 saturated carbocycles. The van der Waals surface area contributed by atoms with Crippen molar-refractivity contribution in [2.75, 3.05) is 37.6 Å². The molecule has 0 aliphatic carbocycles. The predicted octanol–water partition coefficient (Wildman–Crippen LogP) is 1.69. The van der Waals surface area contributed by atoms with Gasteiger partial charge in [-0.05, 0) is 37.1 Å². The summed E-state index contributed by atoms with van der Waals surface area (Å²) in [5.74, 6) is 0.365. The van der Waals surface area contributed by atoms with E-state index in [1.54, 1.807) is 17.0 Å². The van der Waals surface area contributed by atoms with Crippen molar-refractivity contribution in [1.29, 1.82) is 0 Å². The lowest BCUT2D eigenvalue weighted by Gasteiger charge is -2.38. The number of carbonyl (C=O) groups is 2. The Hall–Kier alpha value is -2.24. The van der Waals surface area contributed by atoms with Crippen molar-refractivity contribution in [3.8, 4) is 5.75 Å². The molecule has 2 amide bonds. The third kappa shape index (κ3) is 3.72. The molecule has 6 nitrogen and oxygen atoms in total. The van der Waals surface area contributed by atoms with E-state index < -0.39 is 0 Å². The molecule has 1 N–H and O–H groups in total. The van der Waals surface area contributed by atoms with Gasteiger partial charge in [-0.25, -0.2) is 0 Å². The lowest BCUT2D eigenvalue weighted by atomic mass is 10.1. The Morgan fingerprint density at radius 3 is 2.28 bits per heavy atom. The Balaban J connectivity index is 1.59. The van der Waals surface area contributed by atoms with Crippen molar-refractivity contribution in [2.24, 2.45) is 5.92 Å². The number of phenols is 1. The van der Waals surface area contributed by atoms with Gasteiger partial charge in [0.25, 0.3) is 0 Å². The number of phenolic OH excluding ortho intramolecular Hbond substituents is 1. The van der Waals surface area contributed by atoms with E-state index in [0.29, 0.717) is 19.6 Å². The number of hydrogen-bond donors (Lipinski definition) is 1. The molecule has 2 heterocycles. The molecule has 1 aromatic rings. The summed E-state index contributed by atoms with van der Waals surface area (Å²) < 4.78 is 0. The molecule has 2 aliphatic heterocycles. The molecule has 0 radical (unpaired) electrons. The maximum absolute atomic E-state index is 12.9. The summed E-state index contributed by atoms with van der Waals surface area (Å²) in [5, 5.41) is 9.40. The topological polar surface area (TPSA) is 64.1 Å². The van der Waals surface area contributed by atoms with Gasteiger partial charge in [0.2, 0.25) is 11.8 Å². The molecule has 1 aromatic carbocycles. The number of hydrogen-bond acceptors (Lipinski definition) is 4. The highest BCUT2D eigenvalue weighted by Gasteiger charge is 2.37. The fourth-order valence-electron chi connectivity index (χ4n) is 3.68. The Morgan fingerprint density at radius 2 is 1.68 bits per heavy atom. The van der Waals surface area contributed by atoms with E-state index in [1.165, 1.54) is 0 Å². The summed E-state index contributed by atoms with van der Waals surface area (Å²) in [6, 6.07) is 6.87. The predicted molar refractivity (Wildman–Crippen MR) is 96.5 cm³/mol. The zero-order valence-electron chi connectivity index (χ0n) is 15.0. The molecule has 0 aromatic heterocycles. The van der Waals surface area contributed by atoms with Crippen LogP contribution in [0.25, 0.3) is 0 Å². The molecule has 136 valence electrons. The Bertz CT molecular complexity index is 621. The molecule has 2 fully saturated rings. The van der Waals surface area contributed by atoms with Crippen molar-refractivity contribution in [1.82, 2.24) is 9.80 Å². The zero-order valence-corrected chi connectivity index (χ0v) is 15.0. The molecule has 25 heavy (non-hydrogen) atoms.